The molecule has 8 atom stereocenters. The maximum atomic E-state index is 12.9. The zero-order valence-electron chi connectivity index (χ0n) is 22.2. The van der Waals surface area contributed by atoms with Crippen LogP contribution in [0, 0.1) is 45.3 Å². The fourth-order valence-corrected chi connectivity index (χ4v) is 9.54. The van der Waals surface area contributed by atoms with Crippen molar-refractivity contribution >= 4 is 11.8 Å². The normalized spacial score (nSPS) is 47.5. The Hall–Kier alpha value is -1.42. The summed E-state index contributed by atoms with van der Waals surface area (Å²) < 4.78 is 6.05. The first kappa shape index (κ1) is 24.3. The van der Waals surface area contributed by atoms with Gasteiger partial charge in [0, 0.05) is 17.8 Å². The Labute approximate surface area is 205 Å². The molecular weight excluding hydrogens is 424 g/mol. The maximum absolute atomic E-state index is 12.9. The summed E-state index contributed by atoms with van der Waals surface area (Å²) in [7, 11) is 0. The van der Waals surface area contributed by atoms with E-state index in [4.69, 9.17) is 4.74 Å². The summed E-state index contributed by atoms with van der Waals surface area (Å²) in [4.78, 5) is 25.8. The van der Waals surface area contributed by atoms with E-state index in [1.807, 2.05) is 6.08 Å². The Balaban J connectivity index is 1.49. The van der Waals surface area contributed by atoms with Crippen LogP contribution in [-0.2, 0) is 14.3 Å². The predicted octanol–water partition coefficient (Wildman–Crippen LogP) is 6.03. The average Bonchev–Trinajstić information content (AvgIpc) is 3.14. The highest BCUT2D eigenvalue weighted by Crippen LogP contribution is 2.74. The minimum atomic E-state index is -0.873. The molecule has 0 aromatic heterocycles. The molecule has 1 N–H and O–H groups in total. The molecule has 0 bridgehead atoms. The largest absolute Gasteiger partial charge is 0.462 e. The molecule has 4 fully saturated rings. The van der Waals surface area contributed by atoms with E-state index in [0.29, 0.717) is 30.5 Å². The van der Waals surface area contributed by atoms with Gasteiger partial charge in [0.1, 0.15) is 11.9 Å². The summed E-state index contributed by atoms with van der Waals surface area (Å²) in [6.45, 7) is 15.2. The standard InChI is InChI=1S/C30H44O4/c1-26(2,33)14-8-9-18-24-21(34-25(18)32)17-30(7)20-10-11-22-27(3,4)23(31)13-15-28(22,5)19(20)12-16-29(24,30)6/h8,10,14,18-19,21-22,24,33H,9,11-13,15-17H2,1-7H3/b14-8+/t18-,19+,21+,22+,24-,28-,29+,30-/m1/s1. The van der Waals surface area contributed by atoms with Crippen molar-refractivity contribution in [1.29, 1.82) is 0 Å². The summed E-state index contributed by atoms with van der Waals surface area (Å²) in [5, 5.41) is 10.1. The van der Waals surface area contributed by atoms with Crippen LogP contribution < -0.4 is 0 Å². The van der Waals surface area contributed by atoms with E-state index in [1.54, 1.807) is 25.5 Å². The predicted molar refractivity (Wildman–Crippen MR) is 133 cm³/mol. The summed E-state index contributed by atoms with van der Waals surface area (Å²) >= 11 is 0. The van der Waals surface area contributed by atoms with Crippen LogP contribution in [0.2, 0.25) is 0 Å². The first-order valence-electron chi connectivity index (χ1n) is 13.5. The average molecular weight is 469 g/mol. The van der Waals surface area contributed by atoms with Gasteiger partial charge in [-0.25, -0.2) is 0 Å². The van der Waals surface area contributed by atoms with Gasteiger partial charge in [-0.15, -0.1) is 0 Å². The van der Waals surface area contributed by atoms with Crippen LogP contribution in [0.5, 0.6) is 0 Å². The third-order valence-corrected chi connectivity index (χ3v) is 11.5. The lowest BCUT2D eigenvalue weighted by Gasteiger charge is -2.63. The highest BCUT2D eigenvalue weighted by molar-refractivity contribution is 5.85. The fourth-order valence-electron chi connectivity index (χ4n) is 9.54. The SMILES string of the molecule is CC(C)(O)/C=C/C[C@H]1C(=O)O[C@H]2C[C@]3(C)C4=CC[C@H]5C(C)(C)C(=O)CC[C@]5(C)[C@H]4CC[C@@]3(C)[C@@H]21. The van der Waals surface area contributed by atoms with Crippen molar-refractivity contribution in [2.75, 3.05) is 0 Å². The van der Waals surface area contributed by atoms with Crippen molar-refractivity contribution in [2.24, 2.45) is 45.3 Å². The zero-order chi connectivity index (χ0) is 24.9. The lowest BCUT2D eigenvalue weighted by Crippen LogP contribution is -2.57. The Morgan fingerprint density at radius 3 is 2.53 bits per heavy atom. The molecule has 0 aromatic carbocycles. The maximum Gasteiger partial charge on any atom is 0.309 e. The van der Waals surface area contributed by atoms with Crippen molar-refractivity contribution in [3.8, 4) is 0 Å². The van der Waals surface area contributed by atoms with Crippen LogP contribution in [0.1, 0.15) is 93.4 Å². The molecule has 3 saturated carbocycles. The monoisotopic (exact) mass is 468 g/mol. The molecule has 1 aliphatic heterocycles. The van der Waals surface area contributed by atoms with Gasteiger partial charge in [-0.3, -0.25) is 9.59 Å². The minimum absolute atomic E-state index is 0.0161. The van der Waals surface area contributed by atoms with Gasteiger partial charge in [0.25, 0.3) is 0 Å². The molecule has 1 heterocycles. The summed E-state index contributed by atoms with van der Waals surface area (Å²) in [5.41, 5.74) is 0.668. The third kappa shape index (κ3) is 3.12. The van der Waals surface area contributed by atoms with Gasteiger partial charge in [0.05, 0.1) is 11.5 Å². The first-order chi connectivity index (χ1) is 15.7. The zero-order valence-corrected chi connectivity index (χ0v) is 22.2. The second-order valence-corrected chi connectivity index (χ2v) is 14.0. The van der Waals surface area contributed by atoms with Crippen LogP contribution in [0.4, 0.5) is 0 Å². The van der Waals surface area contributed by atoms with Gasteiger partial charge in [-0.05, 0) is 80.5 Å². The molecule has 5 aliphatic rings. The van der Waals surface area contributed by atoms with E-state index in [1.165, 1.54) is 0 Å². The molecule has 0 spiro atoms. The lowest BCUT2D eigenvalue weighted by molar-refractivity contribution is -0.147. The molecule has 188 valence electrons. The van der Waals surface area contributed by atoms with Crippen molar-refractivity contribution in [3.05, 3.63) is 23.8 Å². The van der Waals surface area contributed by atoms with Crippen LogP contribution in [0.3, 0.4) is 0 Å². The molecule has 4 heteroatoms. The van der Waals surface area contributed by atoms with Crippen molar-refractivity contribution in [3.63, 3.8) is 0 Å². The van der Waals surface area contributed by atoms with Gasteiger partial charge < -0.3 is 9.84 Å². The van der Waals surface area contributed by atoms with Crippen LogP contribution in [-0.4, -0.2) is 28.6 Å². The van der Waals surface area contributed by atoms with E-state index in [2.05, 4.69) is 40.7 Å². The Bertz CT molecular complexity index is 967. The van der Waals surface area contributed by atoms with E-state index in [9.17, 15) is 14.7 Å². The molecule has 4 nitrogen and oxygen atoms in total. The van der Waals surface area contributed by atoms with Gasteiger partial charge in [0.15, 0.2) is 0 Å². The number of hydrogen-bond donors (Lipinski definition) is 1. The Morgan fingerprint density at radius 1 is 1.15 bits per heavy atom. The number of aliphatic hydroxyl groups is 1. The molecule has 0 radical (unpaired) electrons. The van der Waals surface area contributed by atoms with Crippen molar-refractivity contribution < 1.29 is 19.4 Å². The highest BCUT2D eigenvalue weighted by Gasteiger charge is 2.71. The first-order valence-corrected chi connectivity index (χ1v) is 13.5. The smallest absolute Gasteiger partial charge is 0.309 e. The Kier molecular flexibility index (Phi) is 5.22. The van der Waals surface area contributed by atoms with Crippen LogP contribution >= 0.6 is 0 Å². The van der Waals surface area contributed by atoms with Gasteiger partial charge >= 0.3 is 5.97 Å². The molecule has 1 saturated heterocycles. The van der Waals surface area contributed by atoms with Gasteiger partial charge in [0.2, 0.25) is 0 Å². The highest BCUT2D eigenvalue weighted by atomic mass is 16.6. The molecule has 0 aromatic rings. The minimum Gasteiger partial charge on any atom is -0.462 e. The Morgan fingerprint density at radius 2 is 1.85 bits per heavy atom. The summed E-state index contributed by atoms with van der Waals surface area (Å²) in [6, 6.07) is 0. The summed E-state index contributed by atoms with van der Waals surface area (Å²) in [6.07, 6.45) is 12.8. The molecular formula is C30H44O4. The van der Waals surface area contributed by atoms with E-state index < -0.39 is 5.60 Å². The number of ketones is 1. The van der Waals surface area contributed by atoms with E-state index >= 15 is 0 Å². The fraction of sp³-hybridized carbons (Fsp3) is 0.800. The molecule has 34 heavy (non-hydrogen) atoms. The number of carbonyl (C=O) groups excluding carboxylic acids is 2. The number of esters is 1. The molecule has 0 amide bonds. The lowest BCUT2D eigenvalue weighted by atomic mass is 9.41. The number of Topliss-reactive ketones (excluding diaryl/α,β-unsaturated/α-hetero) is 1. The number of allylic oxidation sites excluding steroid dienone is 3. The third-order valence-electron chi connectivity index (χ3n) is 11.5. The van der Waals surface area contributed by atoms with Gasteiger partial charge in [-0.1, -0.05) is 58.4 Å². The number of rotatable bonds is 3. The van der Waals surface area contributed by atoms with Gasteiger partial charge in [-0.2, -0.15) is 0 Å². The number of ether oxygens (including phenoxy) is 1. The van der Waals surface area contributed by atoms with E-state index in [0.717, 1.165) is 32.1 Å². The molecule has 4 aliphatic carbocycles. The molecule has 5 rings (SSSR count). The van der Waals surface area contributed by atoms with E-state index in [-0.39, 0.29) is 45.6 Å². The number of carbonyl (C=O) groups is 2. The second kappa shape index (κ2) is 7.31. The molecule has 0 unspecified atom stereocenters. The summed E-state index contributed by atoms with van der Waals surface area (Å²) in [5.74, 6) is 1.38. The second-order valence-electron chi connectivity index (χ2n) is 14.0. The van der Waals surface area contributed by atoms with Crippen LogP contribution in [0.25, 0.3) is 0 Å². The number of fused-ring (bicyclic) bond motifs is 7. The van der Waals surface area contributed by atoms with Crippen molar-refractivity contribution in [1.82, 2.24) is 0 Å². The number of hydrogen-bond acceptors (Lipinski definition) is 4. The van der Waals surface area contributed by atoms with Crippen LogP contribution in [0.15, 0.2) is 23.8 Å². The quantitative estimate of drug-likeness (QED) is 0.406. The topological polar surface area (TPSA) is 63.6 Å². The van der Waals surface area contributed by atoms with Crippen molar-refractivity contribution in [2.45, 2.75) is 105 Å².